The van der Waals surface area contributed by atoms with Gasteiger partial charge in [0.2, 0.25) is 0 Å². The van der Waals surface area contributed by atoms with Crippen LogP contribution in [0.1, 0.15) is 5.56 Å². The molecule has 0 radical (unpaired) electrons. The van der Waals surface area contributed by atoms with Crippen LogP contribution in [0, 0.1) is 0 Å². The molecule has 1 saturated heterocycles. The lowest BCUT2D eigenvalue weighted by Gasteiger charge is -2.06. The molecule has 1 amide bonds. The number of fused-ring (bicyclic) bond motifs is 1. The van der Waals surface area contributed by atoms with E-state index in [4.69, 9.17) is 0 Å². The van der Waals surface area contributed by atoms with Crippen molar-refractivity contribution in [3.8, 4) is 5.69 Å². The maximum atomic E-state index is 12.2. The molecule has 0 unspecified atom stereocenters. The van der Waals surface area contributed by atoms with Gasteiger partial charge in [0.25, 0.3) is 5.91 Å². The van der Waals surface area contributed by atoms with E-state index < -0.39 is 0 Å². The van der Waals surface area contributed by atoms with Gasteiger partial charge in [-0.1, -0.05) is 23.9 Å². The number of thioether (sulfide) groups is 1. The molecule has 0 aliphatic carbocycles. The van der Waals surface area contributed by atoms with E-state index in [0.29, 0.717) is 5.70 Å². The van der Waals surface area contributed by atoms with Gasteiger partial charge in [0.05, 0.1) is 5.69 Å². The number of benzene rings is 1. The van der Waals surface area contributed by atoms with Gasteiger partial charge in [-0.15, -0.1) is 0 Å². The number of rotatable bonds is 2. The SMILES string of the molecule is O=C1/C(=C\c2ccc(-n3cncn3)cc2)N=C2SCCN12. The normalized spacial score (nSPS) is 19.2. The Kier molecular flexibility index (Phi) is 2.85. The monoisotopic (exact) mass is 297 g/mol. The molecule has 1 aromatic heterocycles. The summed E-state index contributed by atoms with van der Waals surface area (Å²) in [7, 11) is 0. The fourth-order valence-electron chi connectivity index (χ4n) is 2.29. The second-order valence-electron chi connectivity index (χ2n) is 4.66. The molecular formula is C14H11N5OS. The van der Waals surface area contributed by atoms with E-state index >= 15 is 0 Å². The van der Waals surface area contributed by atoms with Crippen molar-refractivity contribution in [1.82, 2.24) is 19.7 Å². The predicted molar refractivity (Wildman–Crippen MR) is 80.9 cm³/mol. The Morgan fingerprint density at radius 2 is 2.10 bits per heavy atom. The molecule has 4 rings (SSSR count). The van der Waals surface area contributed by atoms with E-state index in [2.05, 4.69) is 15.1 Å². The molecule has 1 fully saturated rings. The van der Waals surface area contributed by atoms with Crippen LogP contribution in [0.15, 0.2) is 47.6 Å². The van der Waals surface area contributed by atoms with Gasteiger partial charge >= 0.3 is 0 Å². The minimum atomic E-state index is -0.00430. The van der Waals surface area contributed by atoms with Crippen molar-refractivity contribution < 1.29 is 4.79 Å². The summed E-state index contributed by atoms with van der Waals surface area (Å²) >= 11 is 1.63. The zero-order valence-corrected chi connectivity index (χ0v) is 11.8. The second-order valence-corrected chi connectivity index (χ2v) is 5.72. The van der Waals surface area contributed by atoms with Gasteiger partial charge in [-0.05, 0) is 23.8 Å². The number of amidine groups is 1. The summed E-state index contributed by atoms with van der Waals surface area (Å²) in [6.45, 7) is 0.755. The Bertz CT molecular complexity index is 748. The first-order chi connectivity index (χ1) is 10.3. The van der Waals surface area contributed by atoms with Gasteiger partial charge in [0, 0.05) is 12.3 Å². The number of hydrogen-bond acceptors (Lipinski definition) is 5. The molecule has 104 valence electrons. The van der Waals surface area contributed by atoms with Crippen LogP contribution < -0.4 is 0 Å². The average Bonchev–Trinajstić information content (AvgIpc) is 3.21. The summed E-state index contributed by atoms with van der Waals surface area (Å²) in [4.78, 5) is 22.2. The van der Waals surface area contributed by atoms with E-state index in [1.807, 2.05) is 30.3 Å². The van der Waals surface area contributed by atoms with E-state index in [-0.39, 0.29) is 5.91 Å². The van der Waals surface area contributed by atoms with Crippen molar-refractivity contribution >= 4 is 28.9 Å². The maximum absolute atomic E-state index is 12.2. The van der Waals surface area contributed by atoms with Crippen LogP contribution in [-0.2, 0) is 4.79 Å². The fourth-order valence-corrected chi connectivity index (χ4v) is 3.24. The van der Waals surface area contributed by atoms with Crippen LogP contribution in [0.2, 0.25) is 0 Å². The molecule has 0 atom stereocenters. The van der Waals surface area contributed by atoms with Crippen LogP contribution in [-0.4, -0.2) is 43.0 Å². The molecule has 0 saturated carbocycles. The zero-order valence-electron chi connectivity index (χ0n) is 11.0. The first-order valence-electron chi connectivity index (χ1n) is 6.51. The highest BCUT2D eigenvalue weighted by molar-refractivity contribution is 8.14. The average molecular weight is 297 g/mol. The highest BCUT2D eigenvalue weighted by Gasteiger charge is 2.33. The molecule has 0 bridgehead atoms. The first-order valence-corrected chi connectivity index (χ1v) is 7.50. The Morgan fingerprint density at radius 3 is 2.81 bits per heavy atom. The molecule has 1 aromatic carbocycles. The number of carbonyl (C=O) groups is 1. The predicted octanol–water partition coefficient (Wildman–Crippen LogP) is 1.55. The molecule has 3 heterocycles. The molecule has 21 heavy (non-hydrogen) atoms. The van der Waals surface area contributed by atoms with Crippen LogP contribution in [0.25, 0.3) is 11.8 Å². The molecule has 2 aromatic rings. The van der Waals surface area contributed by atoms with Crippen molar-refractivity contribution in [3.63, 3.8) is 0 Å². The van der Waals surface area contributed by atoms with Gasteiger partial charge in [0.15, 0.2) is 5.17 Å². The Balaban J connectivity index is 1.62. The third-order valence-corrected chi connectivity index (χ3v) is 4.29. The molecule has 7 heteroatoms. The number of aliphatic imine (C=N–C) groups is 1. The minimum Gasteiger partial charge on any atom is -0.285 e. The highest BCUT2D eigenvalue weighted by atomic mass is 32.2. The van der Waals surface area contributed by atoms with Crippen molar-refractivity contribution in [3.05, 3.63) is 48.2 Å². The molecule has 2 aliphatic heterocycles. The summed E-state index contributed by atoms with van der Waals surface area (Å²) in [6.07, 6.45) is 4.96. The van der Waals surface area contributed by atoms with Crippen LogP contribution in [0.3, 0.4) is 0 Å². The number of carbonyl (C=O) groups excluding carboxylic acids is 1. The van der Waals surface area contributed by atoms with E-state index in [0.717, 1.165) is 28.7 Å². The molecule has 0 N–H and O–H groups in total. The topological polar surface area (TPSA) is 63.4 Å². The highest BCUT2D eigenvalue weighted by Crippen LogP contribution is 2.28. The van der Waals surface area contributed by atoms with Crippen LogP contribution in [0.4, 0.5) is 0 Å². The molecule has 6 nitrogen and oxygen atoms in total. The van der Waals surface area contributed by atoms with E-state index in [1.54, 1.807) is 27.7 Å². The summed E-state index contributed by atoms with van der Waals surface area (Å²) in [5.41, 5.74) is 2.37. The fraction of sp³-hybridized carbons (Fsp3) is 0.143. The van der Waals surface area contributed by atoms with Crippen molar-refractivity contribution in [2.24, 2.45) is 4.99 Å². The Morgan fingerprint density at radius 1 is 1.24 bits per heavy atom. The Labute approximate surface area is 125 Å². The lowest BCUT2D eigenvalue weighted by Crippen LogP contribution is -2.26. The largest absolute Gasteiger partial charge is 0.285 e. The van der Waals surface area contributed by atoms with Crippen LogP contribution in [0.5, 0.6) is 0 Å². The number of amides is 1. The Hall–Kier alpha value is -2.41. The van der Waals surface area contributed by atoms with Gasteiger partial charge < -0.3 is 0 Å². The zero-order chi connectivity index (χ0) is 14.2. The van der Waals surface area contributed by atoms with Crippen molar-refractivity contribution in [2.75, 3.05) is 12.3 Å². The molecular weight excluding hydrogens is 286 g/mol. The van der Waals surface area contributed by atoms with E-state index in [1.165, 1.54) is 6.33 Å². The van der Waals surface area contributed by atoms with Crippen LogP contribution >= 0.6 is 11.8 Å². The van der Waals surface area contributed by atoms with Crippen molar-refractivity contribution in [1.29, 1.82) is 0 Å². The minimum absolute atomic E-state index is 0.00430. The second kappa shape index (κ2) is 4.85. The quantitative estimate of drug-likeness (QED) is 0.789. The van der Waals surface area contributed by atoms with Gasteiger partial charge in [-0.2, -0.15) is 5.10 Å². The van der Waals surface area contributed by atoms with Gasteiger partial charge in [0.1, 0.15) is 18.4 Å². The maximum Gasteiger partial charge on any atom is 0.278 e. The smallest absolute Gasteiger partial charge is 0.278 e. The molecule has 0 spiro atoms. The number of nitrogens with zero attached hydrogens (tertiary/aromatic N) is 5. The lowest BCUT2D eigenvalue weighted by molar-refractivity contribution is -0.122. The van der Waals surface area contributed by atoms with E-state index in [9.17, 15) is 4.79 Å². The van der Waals surface area contributed by atoms with Crippen molar-refractivity contribution in [2.45, 2.75) is 0 Å². The summed E-state index contributed by atoms with van der Waals surface area (Å²) in [5, 5.41) is 4.90. The van der Waals surface area contributed by atoms with Gasteiger partial charge in [-0.25, -0.2) is 14.7 Å². The van der Waals surface area contributed by atoms with Gasteiger partial charge in [-0.3, -0.25) is 9.69 Å². The summed E-state index contributed by atoms with van der Waals surface area (Å²) in [6, 6.07) is 7.75. The standard InChI is InChI=1S/C14H11N5OS/c20-13-12(17-14-18(13)5-6-21-14)7-10-1-3-11(4-2-10)19-9-15-8-16-19/h1-4,7-9H,5-6H2/b12-7+. The number of hydrogen-bond donors (Lipinski definition) is 0. The summed E-state index contributed by atoms with van der Waals surface area (Å²) in [5.74, 6) is 0.931. The third-order valence-electron chi connectivity index (χ3n) is 3.34. The first kappa shape index (κ1) is 12.3. The third kappa shape index (κ3) is 2.15. The lowest BCUT2D eigenvalue weighted by atomic mass is 10.1. The molecule has 2 aliphatic rings. The summed E-state index contributed by atoms with van der Waals surface area (Å²) < 4.78 is 1.69. The number of aromatic nitrogens is 3.